The first-order chi connectivity index (χ1) is 4.86. The molecule has 1 atom stereocenters. The molecule has 0 amide bonds. The van der Waals surface area contributed by atoms with Gasteiger partial charge in [-0.15, -0.1) is 0 Å². The molecule has 1 aromatic rings. The molecule has 1 N–H and O–H groups in total. The molecule has 0 spiro atoms. The monoisotopic (exact) mass is 154 g/mol. The third kappa shape index (κ3) is 1.13. The smallest absolute Gasteiger partial charge is 0.129 e. The van der Waals surface area contributed by atoms with Gasteiger partial charge in [-0.25, -0.2) is 4.98 Å². The van der Waals surface area contributed by atoms with Crippen molar-refractivity contribution in [3.63, 3.8) is 0 Å². The largest absolute Gasteiger partial charge is 0.307 e. The molecule has 0 unspecified atom stereocenters. The lowest BCUT2D eigenvalue weighted by Gasteiger charge is -1.94. The molecule has 0 radical (unpaired) electrons. The van der Waals surface area contributed by atoms with Crippen LogP contribution in [0.5, 0.6) is 0 Å². The Kier molecular flexibility index (Phi) is 1.36. The molecule has 0 bridgehead atoms. The Balaban J connectivity index is 2.32. The van der Waals surface area contributed by atoms with Gasteiger partial charge in [0.1, 0.15) is 5.15 Å². The van der Waals surface area contributed by atoms with Crippen molar-refractivity contribution in [2.24, 2.45) is 0 Å². The average Bonchev–Trinajstić information content (AvgIpc) is 2.68. The van der Waals surface area contributed by atoms with E-state index in [-0.39, 0.29) is 0 Å². The van der Waals surface area contributed by atoms with Crippen LogP contribution in [-0.4, -0.2) is 11.5 Å². The van der Waals surface area contributed by atoms with Gasteiger partial charge in [0.15, 0.2) is 0 Å². The molecular formula is C7H7ClN2. The van der Waals surface area contributed by atoms with E-state index < -0.39 is 0 Å². The molecule has 1 aromatic heterocycles. The summed E-state index contributed by atoms with van der Waals surface area (Å²) in [7, 11) is 0. The van der Waals surface area contributed by atoms with Gasteiger partial charge in [-0.1, -0.05) is 11.6 Å². The molecule has 1 saturated heterocycles. The van der Waals surface area contributed by atoms with Crippen LogP contribution in [0.1, 0.15) is 11.6 Å². The molecule has 10 heavy (non-hydrogen) atoms. The summed E-state index contributed by atoms with van der Waals surface area (Å²) in [4.78, 5) is 3.89. The van der Waals surface area contributed by atoms with Crippen molar-refractivity contribution in [2.75, 3.05) is 6.54 Å². The molecule has 0 saturated carbocycles. The maximum atomic E-state index is 5.68. The quantitative estimate of drug-likeness (QED) is 0.490. The van der Waals surface area contributed by atoms with Crippen LogP contribution in [0.15, 0.2) is 18.3 Å². The highest BCUT2D eigenvalue weighted by Crippen LogP contribution is 2.22. The van der Waals surface area contributed by atoms with Gasteiger partial charge in [0.25, 0.3) is 0 Å². The summed E-state index contributed by atoms with van der Waals surface area (Å²) in [6, 6.07) is 4.41. The Morgan fingerprint density at radius 2 is 2.50 bits per heavy atom. The number of halogens is 1. The van der Waals surface area contributed by atoms with Crippen molar-refractivity contribution in [3.8, 4) is 0 Å². The van der Waals surface area contributed by atoms with Crippen LogP contribution >= 0.6 is 11.6 Å². The lowest BCUT2D eigenvalue weighted by atomic mass is 10.2. The zero-order chi connectivity index (χ0) is 6.97. The lowest BCUT2D eigenvalue weighted by molar-refractivity contribution is 1.06. The third-order valence-electron chi connectivity index (χ3n) is 1.56. The highest BCUT2D eigenvalue weighted by molar-refractivity contribution is 6.29. The minimum Gasteiger partial charge on any atom is -0.307 e. The minimum absolute atomic E-state index is 0.528. The van der Waals surface area contributed by atoms with Crippen molar-refractivity contribution in [3.05, 3.63) is 29.0 Å². The summed E-state index contributed by atoms with van der Waals surface area (Å²) in [5.41, 5.74) is 1.24. The molecule has 2 heterocycles. The summed E-state index contributed by atoms with van der Waals surface area (Å²) in [5, 5.41) is 3.77. The zero-order valence-electron chi connectivity index (χ0n) is 5.34. The normalized spacial score (nSPS) is 22.7. The van der Waals surface area contributed by atoms with Crippen molar-refractivity contribution in [2.45, 2.75) is 6.04 Å². The Morgan fingerprint density at radius 3 is 3.10 bits per heavy atom. The van der Waals surface area contributed by atoms with Crippen LogP contribution < -0.4 is 5.32 Å². The Labute approximate surface area is 64.2 Å². The number of pyridine rings is 1. The second-order valence-electron chi connectivity index (χ2n) is 2.37. The highest BCUT2D eigenvalue weighted by atomic mass is 35.5. The third-order valence-corrected chi connectivity index (χ3v) is 1.77. The van der Waals surface area contributed by atoms with Gasteiger partial charge >= 0.3 is 0 Å². The summed E-state index contributed by atoms with van der Waals surface area (Å²) in [6.07, 6.45) is 1.73. The van der Waals surface area contributed by atoms with E-state index in [0.29, 0.717) is 11.2 Å². The minimum atomic E-state index is 0.528. The predicted molar refractivity (Wildman–Crippen MR) is 40.0 cm³/mol. The van der Waals surface area contributed by atoms with Gasteiger partial charge in [0, 0.05) is 18.8 Å². The molecule has 1 fully saturated rings. The number of hydrogen-bond acceptors (Lipinski definition) is 2. The first-order valence-electron chi connectivity index (χ1n) is 3.21. The Bertz CT molecular complexity index is 245. The van der Waals surface area contributed by atoms with Gasteiger partial charge in [-0.05, 0) is 17.7 Å². The van der Waals surface area contributed by atoms with Gasteiger partial charge < -0.3 is 5.32 Å². The van der Waals surface area contributed by atoms with E-state index >= 15 is 0 Å². The van der Waals surface area contributed by atoms with Crippen molar-refractivity contribution >= 4 is 11.6 Å². The van der Waals surface area contributed by atoms with Crippen LogP contribution in [0.2, 0.25) is 5.15 Å². The molecule has 0 aromatic carbocycles. The topological polar surface area (TPSA) is 34.8 Å². The second kappa shape index (κ2) is 2.22. The van der Waals surface area contributed by atoms with Gasteiger partial charge in [-0.3, -0.25) is 0 Å². The molecule has 2 rings (SSSR count). The van der Waals surface area contributed by atoms with Crippen molar-refractivity contribution < 1.29 is 0 Å². The predicted octanol–water partition coefficient (Wildman–Crippen LogP) is 1.38. The molecule has 1 aliphatic rings. The van der Waals surface area contributed by atoms with E-state index in [1.54, 1.807) is 6.20 Å². The van der Waals surface area contributed by atoms with Gasteiger partial charge in [0.05, 0.1) is 0 Å². The fraction of sp³-hybridized carbons (Fsp3) is 0.286. The van der Waals surface area contributed by atoms with Gasteiger partial charge in [0.2, 0.25) is 0 Å². The number of nitrogens with one attached hydrogen (secondary N) is 1. The number of aromatic nitrogens is 1. The van der Waals surface area contributed by atoms with E-state index in [2.05, 4.69) is 10.3 Å². The Hall–Kier alpha value is -0.600. The SMILES string of the molecule is Clc1cc([C@H]2CN2)ccn1. The number of rotatable bonds is 1. The second-order valence-corrected chi connectivity index (χ2v) is 2.76. The van der Waals surface area contributed by atoms with E-state index in [4.69, 9.17) is 11.6 Å². The summed E-state index contributed by atoms with van der Waals surface area (Å²) >= 11 is 5.68. The fourth-order valence-electron chi connectivity index (χ4n) is 0.929. The maximum Gasteiger partial charge on any atom is 0.129 e. The van der Waals surface area contributed by atoms with Crippen LogP contribution in [0.3, 0.4) is 0 Å². The van der Waals surface area contributed by atoms with E-state index in [1.165, 1.54) is 5.56 Å². The fourth-order valence-corrected chi connectivity index (χ4v) is 1.11. The average molecular weight is 155 g/mol. The van der Waals surface area contributed by atoms with E-state index in [0.717, 1.165) is 6.54 Å². The van der Waals surface area contributed by atoms with Crippen LogP contribution in [-0.2, 0) is 0 Å². The highest BCUT2D eigenvalue weighted by Gasteiger charge is 2.21. The molecule has 0 aliphatic carbocycles. The van der Waals surface area contributed by atoms with Gasteiger partial charge in [-0.2, -0.15) is 0 Å². The zero-order valence-corrected chi connectivity index (χ0v) is 6.10. The Morgan fingerprint density at radius 1 is 1.70 bits per heavy atom. The number of hydrogen-bond donors (Lipinski definition) is 1. The summed E-state index contributed by atoms with van der Waals surface area (Å²) in [6.45, 7) is 1.07. The van der Waals surface area contributed by atoms with Crippen LogP contribution in [0.25, 0.3) is 0 Å². The molecule has 3 heteroatoms. The first-order valence-corrected chi connectivity index (χ1v) is 3.59. The van der Waals surface area contributed by atoms with Crippen molar-refractivity contribution in [1.29, 1.82) is 0 Å². The maximum absolute atomic E-state index is 5.68. The standard InChI is InChI=1S/C7H7ClN2/c8-7-3-5(1-2-9-7)6-4-10-6/h1-3,6,10H,4H2/t6-/m1/s1. The lowest BCUT2D eigenvalue weighted by Crippen LogP contribution is -1.84. The van der Waals surface area contributed by atoms with Crippen LogP contribution in [0, 0.1) is 0 Å². The van der Waals surface area contributed by atoms with Crippen LogP contribution in [0.4, 0.5) is 0 Å². The summed E-state index contributed by atoms with van der Waals surface area (Å²) < 4.78 is 0. The molecule has 2 nitrogen and oxygen atoms in total. The first kappa shape index (κ1) is 6.13. The number of nitrogens with zero attached hydrogens (tertiary/aromatic N) is 1. The molecule has 52 valence electrons. The summed E-state index contributed by atoms with van der Waals surface area (Å²) in [5.74, 6) is 0. The van der Waals surface area contributed by atoms with E-state index in [9.17, 15) is 0 Å². The van der Waals surface area contributed by atoms with E-state index in [1.807, 2.05) is 12.1 Å². The molecular weight excluding hydrogens is 148 g/mol. The van der Waals surface area contributed by atoms with Crippen molar-refractivity contribution in [1.82, 2.24) is 10.3 Å². The molecule has 1 aliphatic heterocycles.